The Morgan fingerprint density at radius 3 is 2.21 bits per heavy atom. The van der Waals surface area contributed by atoms with Crippen LogP contribution in [0.1, 0.15) is 38.5 Å². The number of hydrogen-bond donors (Lipinski definition) is 1. The lowest BCUT2D eigenvalue weighted by atomic mass is 9.52. The monoisotopic (exact) mass is 420 g/mol. The van der Waals surface area contributed by atoms with Gasteiger partial charge in [-0.05, 0) is 43.9 Å². The summed E-state index contributed by atoms with van der Waals surface area (Å²) in [6.45, 7) is 0. The average Bonchev–Trinajstić information content (AvgIpc) is 3.05. The topological polar surface area (TPSA) is 125 Å². The number of nitrogens with zero attached hydrogens (tertiary/aromatic N) is 2. The predicted octanol–water partition coefficient (Wildman–Crippen LogP) is 1.98. The second kappa shape index (κ2) is 5.96. The van der Waals surface area contributed by atoms with Gasteiger partial charge in [0.25, 0.3) is 0 Å². The first kappa shape index (κ1) is 19.2. The van der Waals surface area contributed by atoms with Crippen molar-refractivity contribution in [3.63, 3.8) is 0 Å². The Kier molecular flexibility index (Phi) is 4.10. The fourth-order valence-corrected chi connectivity index (χ4v) is 5.55. The molecule has 0 spiro atoms. The molecule has 0 saturated heterocycles. The van der Waals surface area contributed by atoms with Crippen LogP contribution in [0.15, 0.2) is 18.7 Å². The summed E-state index contributed by atoms with van der Waals surface area (Å²) in [5.74, 6) is -2.33. The summed E-state index contributed by atoms with van der Waals surface area (Å²) in [5.41, 5.74) is -2.34. The number of aromatic nitrogens is 2. The van der Waals surface area contributed by atoms with Gasteiger partial charge in [-0.25, -0.2) is 19.1 Å². The van der Waals surface area contributed by atoms with Gasteiger partial charge in [-0.2, -0.15) is 17.2 Å². The van der Waals surface area contributed by atoms with Crippen molar-refractivity contribution in [2.24, 2.45) is 11.8 Å². The van der Waals surface area contributed by atoms with Gasteiger partial charge in [-0.15, -0.1) is 0 Å². The number of hydrogen-bond acceptors (Lipinski definition) is 7. The van der Waals surface area contributed by atoms with Crippen molar-refractivity contribution in [2.75, 3.05) is 0 Å². The Hall–Kier alpha value is -2.08. The second-order valence-corrected chi connectivity index (χ2v) is 9.51. The van der Waals surface area contributed by atoms with Crippen LogP contribution in [0.5, 0.6) is 0 Å². The Morgan fingerprint density at radius 1 is 1.14 bits per heavy atom. The molecule has 2 atom stereocenters. The Labute approximate surface area is 158 Å². The van der Waals surface area contributed by atoms with Crippen molar-refractivity contribution in [3.05, 3.63) is 18.7 Å². The van der Waals surface area contributed by atoms with Crippen LogP contribution in [-0.4, -0.2) is 51.0 Å². The van der Waals surface area contributed by atoms with Gasteiger partial charge in [0.1, 0.15) is 17.5 Å². The third kappa shape index (κ3) is 3.08. The van der Waals surface area contributed by atoms with Crippen LogP contribution < -0.4 is 0 Å². The zero-order valence-corrected chi connectivity index (χ0v) is 15.4. The number of imidazole rings is 1. The molecule has 5 rings (SSSR count). The minimum absolute atomic E-state index is 0.000728. The molecule has 4 bridgehead atoms. The molecular formula is C16H18F2N2O7S. The van der Waals surface area contributed by atoms with E-state index >= 15 is 0 Å². The molecule has 1 heterocycles. The zero-order valence-electron chi connectivity index (χ0n) is 14.6. The van der Waals surface area contributed by atoms with E-state index in [1.165, 1.54) is 18.7 Å². The molecule has 9 nitrogen and oxygen atoms in total. The van der Waals surface area contributed by atoms with Crippen molar-refractivity contribution < 1.29 is 40.8 Å². The quantitative estimate of drug-likeness (QED) is 0.579. The molecule has 4 fully saturated rings. The van der Waals surface area contributed by atoms with Crippen LogP contribution in [0, 0.1) is 11.8 Å². The van der Waals surface area contributed by atoms with Crippen molar-refractivity contribution in [1.82, 2.24) is 9.55 Å². The fraction of sp³-hybridized carbons (Fsp3) is 0.688. The minimum Gasteiger partial charge on any atom is -0.454 e. The largest absolute Gasteiger partial charge is 0.465 e. The number of rotatable bonds is 4. The summed E-state index contributed by atoms with van der Waals surface area (Å²) >= 11 is 0. The van der Waals surface area contributed by atoms with Crippen LogP contribution in [0.25, 0.3) is 0 Å². The molecule has 0 aromatic carbocycles. The molecule has 0 amide bonds. The highest BCUT2D eigenvalue weighted by molar-refractivity contribution is 7.87. The van der Waals surface area contributed by atoms with E-state index in [-0.39, 0.29) is 31.1 Å². The standard InChI is InChI=1S/C16H18F2N2O7S/c17-16(18,28(23,24)25)12(21)26-14-4-10-3-11(5-14)7-15(6-10,8-14)27-13(22)20-2-1-19-9-20/h1-2,9-11H,3-8H2,(H,23,24,25). The number of halogens is 2. The number of alkyl halides is 2. The Balaban J connectivity index is 1.58. The van der Waals surface area contributed by atoms with E-state index < -0.39 is 38.6 Å². The highest BCUT2D eigenvalue weighted by Gasteiger charge is 2.64. The van der Waals surface area contributed by atoms with Crippen LogP contribution in [0.4, 0.5) is 13.6 Å². The Bertz CT molecular complexity index is 901. The smallest absolute Gasteiger partial charge is 0.454 e. The number of ether oxygens (including phenoxy) is 2. The first-order valence-corrected chi connectivity index (χ1v) is 10.2. The maximum Gasteiger partial charge on any atom is 0.465 e. The van der Waals surface area contributed by atoms with Crippen LogP contribution in [0.2, 0.25) is 0 Å². The lowest BCUT2D eigenvalue weighted by Gasteiger charge is -2.60. The molecule has 4 saturated carbocycles. The minimum atomic E-state index is -5.95. The molecule has 4 aliphatic carbocycles. The first-order chi connectivity index (χ1) is 12.9. The summed E-state index contributed by atoms with van der Waals surface area (Å²) in [6.07, 6.45) is 5.78. The van der Waals surface area contributed by atoms with Gasteiger partial charge < -0.3 is 9.47 Å². The molecule has 2 unspecified atom stereocenters. The van der Waals surface area contributed by atoms with Gasteiger partial charge in [-0.3, -0.25) is 4.55 Å². The second-order valence-electron chi connectivity index (χ2n) is 8.05. The molecule has 0 aliphatic heterocycles. The third-order valence-electron chi connectivity index (χ3n) is 5.84. The SMILES string of the molecule is O=C(OC12CC3CC(C1)CC(OC(=O)C(F)(F)S(=O)(=O)O)(C3)C2)n1ccnc1. The molecule has 28 heavy (non-hydrogen) atoms. The lowest BCUT2D eigenvalue weighted by molar-refractivity contribution is -0.228. The van der Waals surface area contributed by atoms with Crippen molar-refractivity contribution in [3.8, 4) is 0 Å². The highest BCUT2D eigenvalue weighted by atomic mass is 32.2. The van der Waals surface area contributed by atoms with Crippen molar-refractivity contribution >= 4 is 22.2 Å². The van der Waals surface area contributed by atoms with E-state index in [0.29, 0.717) is 12.8 Å². The van der Waals surface area contributed by atoms with Gasteiger partial charge in [0.05, 0.1) is 0 Å². The average molecular weight is 420 g/mol. The van der Waals surface area contributed by atoms with Crippen LogP contribution in [0.3, 0.4) is 0 Å². The maximum absolute atomic E-state index is 13.7. The summed E-state index contributed by atoms with van der Waals surface area (Å²) < 4.78 is 69.6. The molecule has 4 aliphatic rings. The molecule has 1 aromatic heterocycles. The number of carbonyl (C=O) groups excluding carboxylic acids is 2. The van der Waals surface area contributed by atoms with E-state index in [4.69, 9.17) is 14.0 Å². The first-order valence-electron chi connectivity index (χ1n) is 8.73. The maximum atomic E-state index is 13.7. The van der Waals surface area contributed by atoms with Crippen LogP contribution in [-0.2, 0) is 24.4 Å². The van der Waals surface area contributed by atoms with E-state index in [1.807, 2.05) is 0 Å². The molecular weight excluding hydrogens is 402 g/mol. The third-order valence-corrected chi connectivity index (χ3v) is 6.66. The fourth-order valence-electron chi connectivity index (χ4n) is 5.30. The molecule has 0 radical (unpaired) electrons. The molecule has 1 aromatic rings. The van der Waals surface area contributed by atoms with Gasteiger partial charge in [0, 0.05) is 18.8 Å². The van der Waals surface area contributed by atoms with E-state index in [9.17, 15) is 26.8 Å². The van der Waals surface area contributed by atoms with Crippen molar-refractivity contribution in [2.45, 2.75) is 55.0 Å². The van der Waals surface area contributed by atoms with E-state index in [1.54, 1.807) is 0 Å². The van der Waals surface area contributed by atoms with Gasteiger partial charge in [0.15, 0.2) is 0 Å². The van der Waals surface area contributed by atoms with Gasteiger partial charge in [-0.1, -0.05) is 0 Å². The van der Waals surface area contributed by atoms with Gasteiger partial charge in [0.2, 0.25) is 0 Å². The molecule has 154 valence electrons. The lowest BCUT2D eigenvalue weighted by Crippen LogP contribution is -2.62. The van der Waals surface area contributed by atoms with Crippen LogP contribution >= 0.6 is 0 Å². The highest BCUT2D eigenvalue weighted by Crippen LogP contribution is 2.60. The van der Waals surface area contributed by atoms with E-state index in [0.717, 1.165) is 11.0 Å². The summed E-state index contributed by atoms with van der Waals surface area (Å²) in [4.78, 5) is 28.0. The number of esters is 1. The Morgan fingerprint density at radius 2 is 1.71 bits per heavy atom. The normalized spacial score (nSPS) is 34.2. The zero-order chi connectivity index (χ0) is 20.4. The van der Waals surface area contributed by atoms with Crippen molar-refractivity contribution in [1.29, 1.82) is 0 Å². The summed E-state index contributed by atoms with van der Waals surface area (Å²) in [5, 5.41) is -5.06. The van der Waals surface area contributed by atoms with E-state index in [2.05, 4.69) is 4.98 Å². The number of carbonyl (C=O) groups is 2. The summed E-state index contributed by atoms with van der Waals surface area (Å²) in [7, 11) is -5.95. The summed E-state index contributed by atoms with van der Waals surface area (Å²) in [6, 6.07) is 0. The molecule has 1 N–H and O–H groups in total. The molecule has 12 heteroatoms. The van der Waals surface area contributed by atoms with Gasteiger partial charge >= 0.3 is 27.4 Å². The predicted molar refractivity (Wildman–Crippen MR) is 86.8 cm³/mol.